The lowest BCUT2D eigenvalue weighted by Crippen LogP contribution is -2.07. The van der Waals surface area contributed by atoms with Gasteiger partial charge in [0.1, 0.15) is 0 Å². The first-order chi connectivity index (χ1) is 4.10. The van der Waals surface area contributed by atoms with Crippen LogP contribution in [0.4, 0.5) is 0 Å². The summed E-state index contributed by atoms with van der Waals surface area (Å²) in [6.07, 6.45) is 0. The summed E-state index contributed by atoms with van der Waals surface area (Å²) in [5.74, 6) is 0.586. The first-order valence-electron chi connectivity index (χ1n) is 3.35. The second-order valence-corrected chi connectivity index (χ2v) is 3.41. The zero-order valence-electron chi connectivity index (χ0n) is 6.35. The number of ether oxygens (including phenoxy) is 1. The quantitative estimate of drug-likeness (QED) is 0.593. The van der Waals surface area contributed by atoms with Crippen molar-refractivity contribution in [3.8, 4) is 0 Å². The van der Waals surface area contributed by atoms with Crippen LogP contribution in [0, 0.1) is 11.3 Å². The van der Waals surface area contributed by atoms with Gasteiger partial charge in [-0.1, -0.05) is 13.8 Å². The van der Waals surface area contributed by atoms with Crippen molar-refractivity contribution in [1.29, 1.82) is 0 Å². The molecule has 0 aromatic rings. The molecule has 1 aliphatic rings. The molecular formula is C7H15NO. The minimum atomic E-state index is 0.329. The highest BCUT2D eigenvalue weighted by molar-refractivity contribution is 5.08. The maximum absolute atomic E-state index is 5.75. The zero-order valence-corrected chi connectivity index (χ0v) is 6.35. The minimum absolute atomic E-state index is 0.329. The largest absolute Gasteiger partial charge is 0.384 e. The van der Waals surface area contributed by atoms with Gasteiger partial charge in [0.25, 0.3) is 0 Å². The Morgan fingerprint density at radius 2 is 2.00 bits per heavy atom. The molecule has 1 saturated carbocycles. The second kappa shape index (κ2) is 1.96. The summed E-state index contributed by atoms with van der Waals surface area (Å²) in [7, 11) is 1.72. The zero-order chi connectivity index (χ0) is 7.07. The molecule has 2 atom stereocenters. The summed E-state index contributed by atoms with van der Waals surface area (Å²) in [6.45, 7) is 5.18. The van der Waals surface area contributed by atoms with E-state index < -0.39 is 0 Å². The maximum Gasteiger partial charge on any atom is 0.0511 e. The van der Waals surface area contributed by atoms with E-state index in [4.69, 9.17) is 10.5 Å². The molecule has 2 nitrogen and oxygen atoms in total. The minimum Gasteiger partial charge on any atom is -0.384 e. The van der Waals surface area contributed by atoms with Gasteiger partial charge in [-0.2, -0.15) is 0 Å². The van der Waals surface area contributed by atoms with Crippen molar-refractivity contribution in [3.05, 3.63) is 0 Å². The Kier molecular flexibility index (Phi) is 1.53. The molecular weight excluding hydrogens is 114 g/mol. The average molecular weight is 129 g/mol. The van der Waals surface area contributed by atoms with E-state index >= 15 is 0 Å². The number of hydrogen-bond donors (Lipinski definition) is 1. The Morgan fingerprint density at radius 1 is 1.56 bits per heavy atom. The first kappa shape index (κ1) is 7.03. The van der Waals surface area contributed by atoms with Gasteiger partial charge in [0.15, 0.2) is 0 Å². The van der Waals surface area contributed by atoms with Gasteiger partial charge < -0.3 is 10.5 Å². The Labute approximate surface area is 56.4 Å². The van der Waals surface area contributed by atoms with Crippen LogP contribution >= 0.6 is 0 Å². The van der Waals surface area contributed by atoms with E-state index in [1.807, 2.05) is 0 Å². The average Bonchev–Trinajstić information content (AvgIpc) is 2.19. The van der Waals surface area contributed by atoms with Crippen molar-refractivity contribution in [2.24, 2.45) is 17.1 Å². The normalized spacial score (nSPS) is 38.7. The van der Waals surface area contributed by atoms with Crippen molar-refractivity contribution in [2.45, 2.75) is 19.9 Å². The van der Waals surface area contributed by atoms with Crippen LogP contribution in [-0.2, 0) is 4.74 Å². The summed E-state index contributed by atoms with van der Waals surface area (Å²) in [5, 5.41) is 0. The fraction of sp³-hybridized carbons (Fsp3) is 1.00. The van der Waals surface area contributed by atoms with Crippen molar-refractivity contribution in [2.75, 3.05) is 13.7 Å². The van der Waals surface area contributed by atoms with E-state index in [-0.39, 0.29) is 0 Å². The molecule has 0 aliphatic heterocycles. The molecule has 2 heteroatoms. The maximum atomic E-state index is 5.75. The third kappa shape index (κ3) is 0.970. The van der Waals surface area contributed by atoms with Crippen LogP contribution in [0.25, 0.3) is 0 Å². The van der Waals surface area contributed by atoms with E-state index in [0.717, 1.165) is 6.61 Å². The van der Waals surface area contributed by atoms with Crippen LogP contribution in [0.5, 0.6) is 0 Å². The first-order valence-corrected chi connectivity index (χ1v) is 3.35. The molecule has 0 spiro atoms. The predicted molar refractivity (Wildman–Crippen MR) is 37.1 cm³/mol. The van der Waals surface area contributed by atoms with Gasteiger partial charge in [-0.3, -0.25) is 0 Å². The van der Waals surface area contributed by atoms with Crippen LogP contribution in [0.3, 0.4) is 0 Å². The number of hydrogen-bond acceptors (Lipinski definition) is 2. The molecule has 0 amide bonds. The van der Waals surface area contributed by atoms with Gasteiger partial charge in [-0.15, -0.1) is 0 Å². The van der Waals surface area contributed by atoms with Gasteiger partial charge in [0.2, 0.25) is 0 Å². The molecule has 2 N–H and O–H groups in total. The molecule has 0 unspecified atom stereocenters. The van der Waals surface area contributed by atoms with E-state index in [9.17, 15) is 0 Å². The summed E-state index contributed by atoms with van der Waals surface area (Å²) < 4.78 is 4.99. The monoisotopic (exact) mass is 129 g/mol. The SMILES string of the molecule is COC[C@@H]1[C@@H](N)C1(C)C. The standard InChI is InChI=1S/C7H15NO/c1-7(2)5(4-9-3)6(7)8/h5-6H,4,8H2,1-3H3/t5-,6-/m1/s1. The Bertz CT molecular complexity index is 111. The Balaban J connectivity index is 2.33. The molecule has 9 heavy (non-hydrogen) atoms. The lowest BCUT2D eigenvalue weighted by atomic mass is 10.1. The van der Waals surface area contributed by atoms with E-state index in [1.165, 1.54) is 0 Å². The molecule has 1 aliphatic carbocycles. The lowest BCUT2D eigenvalue weighted by Gasteiger charge is -1.98. The van der Waals surface area contributed by atoms with Crippen molar-refractivity contribution >= 4 is 0 Å². The van der Waals surface area contributed by atoms with Gasteiger partial charge in [0.05, 0.1) is 6.61 Å². The Morgan fingerprint density at radius 3 is 2.11 bits per heavy atom. The van der Waals surface area contributed by atoms with Crippen LogP contribution in [0.15, 0.2) is 0 Å². The van der Waals surface area contributed by atoms with Crippen LogP contribution in [0.2, 0.25) is 0 Å². The molecule has 0 radical (unpaired) electrons. The fourth-order valence-corrected chi connectivity index (χ4v) is 1.28. The highest BCUT2D eigenvalue weighted by atomic mass is 16.5. The highest BCUT2D eigenvalue weighted by Crippen LogP contribution is 2.50. The van der Waals surface area contributed by atoms with E-state index in [2.05, 4.69) is 13.8 Å². The molecule has 0 bridgehead atoms. The van der Waals surface area contributed by atoms with E-state index in [1.54, 1.807) is 7.11 Å². The smallest absolute Gasteiger partial charge is 0.0511 e. The third-order valence-electron chi connectivity index (χ3n) is 2.49. The molecule has 1 fully saturated rings. The third-order valence-corrected chi connectivity index (χ3v) is 2.49. The fourth-order valence-electron chi connectivity index (χ4n) is 1.28. The van der Waals surface area contributed by atoms with Gasteiger partial charge >= 0.3 is 0 Å². The van der Waals surface area contributed by atoms with Gasteiger partial charge in [-0.25, -0.2) is 0 Å². The molecule has 0 aromatic carbocycles. The van der Waals surface area contributed by atoms with Crippen LogP contribution < -0.4 is 5.73 Å². The summed E-state index contributed by atoms with van der Waals surface area (Å²) in [5.41, 5.74) is 6.08. The summed E-state index contributed by atoms with van der Waals surface area (Å²) >= 11 is 0. The van der Waals surface area contributed by atoms with Crippen LogP contribution in [-0.4, -0.2) is 19.8 Å². The lowest BCUT2D eigenvalue weighted by molar-refractivity contribution is 0.174. The molecule has 54 valence electrons. The molecule has 0 heterocycles. The number of rotatable bonds is 2. The topological polar surface area (TPSA) is 35.2 Å². The molecule has 0 saturated heterocycles. The van der Waals surface area contributed by atoms with Crippen molar-refractivity contribution in [1.82, 2.24) is 0 Å². The van der Waals surface area contributed by atoms with Gasteiger partial charge in [0, 0.05) is 19.1 Å². The molecule has 1 rings (SSSR count). The Hall–Kier alpha value is -0.0800. The summed E-state index contributed by atoms with van der Waals surface area (Å²) in [6, 6.07) is 0.359. The second-order valence-electron chi connectivity index (χ2n) is 3.41. The molecule has 0 aromatic heterocycles. The predicted octanol–water partition coefficient (Wildman–Crippen LogP) is 0.616. The summed E-state index contributed by atoms with van der Waals surface area (Å²) in [4.78, 5) is 0. The van der Waals surface area contributed by atoms with E-state index in [0.29, 0.717) is 17.4 Å². The highest BCUT2D eigenvalue weighted by Gasteiger charge is 2.55. The van der Waals surface area contributed by atoms with Crippen molar-refractivity contribution in [3.63, 3.8) is 0 Å². The number of nitrogens with two attached hydrogens (primary N) is 1. The van der Waals surface area contributed by atoms with Crippen LogP contribution in [0.1, 0.15) is 13.8 Å². The van der Waals surface area contributed by atoms with Crippen molar-refractivity contribution < 1.29 is 4.74 Å². The van der Waals surface area contributed by atoms with Gasteiger partial charge in [-0.05, 0) is 5.41 Å². The number of methoxy groups -OCH3 is 1.